The van der Waals surface area contributed by atoms with Gasteiger partial charge in [0.25, 0.3) is 0 Å². The molecule has 0 saturated carbocycles. The largest absolute Gasteiger partial charge is 0.308 e. The number of aryl methyl sites for hydroxylation is 3. The van der Waals surface area contributed by atoms with Crippen molar-refractivity contribution in [3.05, 3.63) is 27.8 Å². The molecule has 4 nitrogen and oxygen atoms in total. The number of unbranched alkanes of at least 4 members (excludes halogenated alkanes) is 4. The van der Waals surface area contributed by atoms with E-state index in [0.717, 1.165) is 6.42 Å². The lowest BCUT2D eigenvalue weighted by Crippen LogP contribution is -2.03. The van der Waals surface area contributed by atoms with Crippen LogP contribution in [-0.4, -0.2) is 13.4 Å². The Morgan fingerprint density at radius 1 is 0.828 bits per heavy atom. The van der Waals surface area contributed by atoms with Crippen LogP contribution in [0.15, 0.2) is 6.07 Å². The molecule has 0 aliphatic heterocycles. The molecule has 2 aromatic rings. The summed E-state index contributed by atoms with van der Waals surface area (Å²) in [5.74, 6) is 0. The third-order valence-corrected chi connectivity index (χ3v) is 6.21. The van der Waals surface area contributed by atoms with Crippen LogP contribution < -0.4 is 0 Å². The molecule has 0 unspecified atom stereocenters. The van der Waals surface area contributed by atoms with Gasteiger partial charge in [-0.25, -0.2) is 4.98 Å². The molecular weight excluding hydrogens is 400 g/mol. The van der Waals surface area contributed by atoms with Gasteiger partial charge in [0, 0.05) is 0 Å². The van der Waals surface area contributed by atoms with Gasteiger partial charge in [0.1, 0.15) is 0 Å². The van der Waals surface area contributed by atoms with Crippen LogP contribution in [0.5, 0.6) is 0 Å². The van der Waals surface area contributed by atoms with Crippen LogP contribution in [0.25, 0.3) is 10.2 Å². The van der Waals surface area contributed by atoms with Crippen LogP contribution in [0.1, 0.15) is 101 Å². The van der Waals surface area contributed by atoms with Crippen LogP contribution in [0.4, 0.5) is 0 Å². The molecule has 6 heteroatoms. The van der Waals surface area contributed by atoms with E-state index in [1.165, 1.54) is 85.9 Å². The Bertz CT molecular complexity index is 836. The van der Waals surface area contributed by atoms with Crippen molar-refractivity contribution in [3.8, 4) is 0 Å². The Morgan fingerprint density at radius 2 is 1.31 bits per heavy atom. The number of nitrogens with zero attached hydrogens (tertiary/aromatic N) is 1. The van der Waals surface area contributed by atoms with Crippen molar-refractivity contribution in [2.24, 2.45) is 0 Å². The summed E-state index contributed by atoms with van der Waals surface area (Å²) in [6, 6.07) is 2.50. The predicted octanol–water partition coefficient (Wildman–Crippen LogP) is 7.29. The molecule has 1 N–H and O–H groups in total. The van der Waals surface area contributed by atoms with E-state index in [4.69, 9.17) is 18.2 Å². The smallest absolute Gasteiger partial charge is 0.241 e. The molecule has 2 rings (SSSR count). The number of hydrogen-bond acceptors (Lipinski definition) is 5. The molecule has 29 heavy (non-hydrogen) atoms. The first-order chi connectivity index (χ1) is 14.0. The van der Waals surface area contributed by atoms with E-state index in [1.807, 2.05) is 11.3 Å². The van der Waals surface area contributed by atoms with E-state index in [9.17, 15) is 0 Å². The highest BCUT2D eigenvalue weighted by atomic mass is 32.2. The summed E-state index contributed by atoms with van der Waals surface area (Å²) in [5, 5.41) is 1.35. The summed E-state index contributed by atoms with van der Waals surface area (Å²) in [7, 11) is -2.61. The minimum Gasteiger partial charge on any atom is -0.241 e. The molecule has 0 spiro atoms. The van der Waals surface area contributed by atoms with Crippen LogP contribution in [0, 0.1) is 4.78 Å². The zero-order valence-electron chi connectivity index (χ0n) is 18.6. The van der Waals surface area contributed by atoms with Crippen LogP contribution in [0.3, 0.4) is 0 Å². The molecular formula is C23H38N2O2S2. The quantitative estimate of drug-likeness (QED) is 0.378. The van der Waals surface area contributed by atoms with Gasteiger partial charge >= 0.3 is 10.5 Å². The zero-order chi connectivity index (χ0) is 21.6. The first-order valence-electron chi connectivity index (χ1n) is 11.2. The molecule has 0 atom stereocenters. The van der Waals surface area contributed by atoms with Crippen molar-refractivity contribution in [1.82, 2.24) is 4.98 Å². The Kier molecular flexibility index (Phi) is 13.0. The van der Waals surface area contributed by atoms with Gasteiger partial charge in [0.05, 0.1) is 15.2 Å². The normalized spacial score (nSPS) is 10.8. The maximum absolute atomic E-state index is 8.67. The number of fused-ring (bicyclic) bond motifs is 1. The molecule has 0 amide bonds. The summed E-state index contributed by atoms with van der Waals surface area (Å²) in [6.45, 7) is 9.18. The fourth-order valence-corrected chi connectivity index (χ4v) is 4.69. The summed E-state index contributed by atoms with van der Waals surface area (Å²) in [6.07, 6.45) is 15.1. The Morgan fingerprint density at radius 3 is 1.86 bits per heavy atom. The average molecular weight is 439 g/mol. The monoisotopic (exact) mass is 438 g/mol. The first kappa shape index (κ1) is 25.8. The minimum absolute atomic E-state index is 1.15. The zero-order valence-corrected chi connectivity index (χ0v) is 20.3. The molecule has 0 radical (unpaired) electrons. The van der Waals surface area contributed by atoms with Crippen molar-refractivity contribution in [2.75, 3.05) is 0 Å². The van der Waals surface area contributed by atoms with Crippen molar-refractivity contribution < 1.29 is 8.42 Å². The minimum atomic E-state index is -2.61. The van der Waals surface area contributed by atoms with Crippen LogP contribution in [-0.2, 0) is 36.2 Å². The van der Waals surface area contributed by atoms with Crippen molar-refractivity contribution in [1.29, 1.82) is 4.78 Å². The van der Waals surface area contributed by atoms with Gasteiger partial charge in [-0.05, 0) is 74.1 Å². The fourth-order valence-electron chi connectivity index (χ4n) is 3.59. The van der Waals surface area contributed by atoms with Gasteiger partial charge in [-0.15, -0.1) is 11.3 Å². The SMILES string of the molecule is CCCCc1nc2c(CCCC)c(CCCC)c(CCCC)cc2s1.N=S(=O)=O. The average Bonchev–Trinajstić information content (AvgIpc) is 3.09. The lowest BCUT2D eigenvalue weighted by Gasteiger charge is -2.16. The summed E-state index contributed by atoms with van der Waals surface area (Å²) >= 11 is 1.95. The van der Waals surface area contributed by atoms with Crippen molar-refractivity contribution in [2.45, 2.75) is 105 Å². The Labute approximate surface area is 182 Å². The van der Waals surface area contributed by atoms with Gasteiger partial charge in [-0.1, -0.05) is 53.4 Å². The second kappa shape index (κ2) is 14.7. The number of aromatic nitrogens is 1. The molecule has 0 fully saturated rings. The molecule has 1 aromatic carbocycles. The van der Waals surface area contributed by atoms with E-state index >= 15 is 0 Å². The van der Waals surface area contributed by atoms with E-state index in [2.05, 4.69) is 33.8 Å². The highest BCUT2D eigenvalue weighted by Gasteiger charge is 2.16. The topological polar surface area (TPSA) is 70.9 Å². The number of benzene rings is 1. The second-order valence-electron chi connectivity index (χ2n) is 7.60. The molecule has 0 aliphatic carbocycles. The highest BCUT2D eigenvalue weighted by Crippen LogP contribution is 2.33. The van der Waals surface area contributed by atoms with Gasteiger partial charge in [0.15, 0.2) is 0 Å². The number of rotatable bonds is 12. The predicted molar refractivity (Wildman–Crippen MR) is 126 cm³/mol. The molecule has 164 valence electrons. The maximum atomic E-state index is 8.67. The lowest BCUT2D eigenvalue weighted by atomic mass is 9.90. The summed E-state index contributed by atoms with van der Waals surface area (Å²) in [4.78, 5) is 5.11. The summed E-state index contributed by atoms with van der Waals surface area (Å²) < 4.78 is 24.3. The standard InChI is InChI=1S/C23H37NS.HNO2S/c1-5-9-13-18-17-21-23(24-22(25-21)16-12-8-4)20(15-11-7-3)19(18)14-10-6-2;1-4(2)3/h17H,5-16H2,1-4H3;1H. The Hall–Kier alpha value is -1.27. The van der Waals surface area contributed by atoms with Crippen LogP contribution >= 0.6 is 11.3 Å². The first-order valence-corrected chi connectivity index (χ1v) is 13.1. The van der Waals surface area contributed by atoms with E-state index < -0.39 is 10.5 Å². The number of hydrogen-bond donors (Lipinski definition) is 1. The third kappa shape index (κ3) is 8.95. The Balaban J connectivity index is 0.000000960. The van der Waals surface area contributed by atoms with Crippen molar-refractivity contribution in [3.63, 3.8) is 0 Å². The molecule has 1 heterocycles. The van der Waals surface area contributed by atoms with E-state index in [1.54, 1.807) is 16.7 Å². The number of thiazole rings is 1. The molecule has 0 saturated heterocycles. The van der Waals surface area contributed by atoms with E-state index in [0.29, 0.717) is 0 Å². The molecule has 1 aromatic heterocycles. The van der Waals surface area contributed by atoms with Gasteiger partial charge < -0.3 is 0 Å². The van der Waals surface area contributed by atoms with E-state index in [-0.39, 0.29) is 0 Å². The third-order valence-electron chi connectivity index (χ3n) is 5.15. The fraction of sp³-hybridized carbons (Fsp3) is 0.696. The number of nitrogens with one attached hydrogen (secondary N) is 1. The van der Waals surface area contributed by atoms with Gasteiger partial charge in [-0.3, -0.25) is 0 Å². The van der Waals surface area contributed by atoms with Gasteiger partial charge in [0.2, 0.25) is 0 Å². The summed E-state index contributed by atoms with van der Waals surface area (Å²) in [5.41, 5.74) is 6.22. The second-order valence-corrected chi connectivity index (χ2v) is 9.18. The van der Waals surface area contributed by atoms with Crippen molar-refractivity contribution >= 4 is 32.1 Å². The maximum Gasteiger partial charge on any atom is 0.308 e. The molecule has 0 bridgehead atoms. The highest BCUT2D eigenvalue weighted by molar-refractivity contribution is 7.60. The lowest BCUT2D eigenvalue weighted by molar-refractivity contribution is 0.620. The molecule has 0 aliphatic rings. The van der Waals surface area contributed by atoms with Gasteiger partial charge in [-0.2, -0.15) is 13.2 Å². The van der Waals surface area contributed by atoms with Crippen LogP contribution in [0.2, 0.25) is 0 Å².